The lowest BCUT2D eigenvalue weighted by atomic mass is 10.0. The van der Waals surface area contributed by atoms with Gasteiger partial charge in [-0.05, 0) is 49.6 Å². The maximum atomic E-state index is 12.8. The van der Waals surface area contributed by atoms with Crippen molar-refractivity contribution in [2.75, 3.05) is 26.4 Å². The summed E-state index contributed by atoms with van der Waals surface area (Å²) in [5.74, 6) is 0.0584. The molecular formula is C20H25N3OS2. The van der Waals surface area contributed by atoms with Gasteiger partial charge in [0.2, 0.25) is 0 Å². The number of benzene rings is 1. The molecule has 0 bridgehead atoms. The molecule has 138 valence electrons. The Balaban J connectivity index is 1.41. The number of thioether (sulfide) groups is 1. The van der Waals surface area contributed by atoms with Crippen molar-refractivity contribution < 1.29 is 4.79 Å². The van der Waals surface area contributed by atoms with Gasteiger partial charge in [0.25, 0.3) is 5.91 Å². The predicted molar refractivity (Wildman–Crippen MR) is 108 cm³/mol. The molecule has 1 aliphatic heterocycles. The zero-order valence-electron chi connectivity index (χ0n) is 15.4. The van der Waals surface area contributed by atoms with E-state index in [0.29, 0.717) is 11.7 Å². The summed E-state index contributed by atoms with van der Waals surface area (Å²) in [6.45, 7) is 2.12. The van der Waals surface area contributed by atoms with E-state index in [0.717, 1.165) is 43.1 Å². The van der Waals surface area contributed by atoms with Gasteiger partial charge in [0.1, 0.15) is 10.0 Å². The maximum absolute atomic E-state index is 12.8. The third-order valence-electron chi connectivity index (χ3n) is 5.72. The topological polar surface area (TPSA) is 36.4 Å². The molecule has 2 aromatic rings. The Morgan fingerprint density at radius 2 is 2.04 bits per heavy atom. The highest BCUT2D eigenvalue weighted by Crippen LogP contribution is 2.29. The van der Waals surface area contributed by atoms with Crippen molar-refractivity contribution in [2.24, 2.45) is 0 Å². The van der Waals surface area contributed by atoms with Crippen LogP contribution >= 0.6 is 23.1 Å². The SMILES string of the molecule is CSc1nc(C(=O)N(C)[C@H]2CCCN(C3Cc4ccccc4C3)C2)cs1. The number of hydrogen-bond donors (Lipinski definition) is 0. The summed E-state index contributed by atoms with van der Waals surface area (Å²) in [6.07, 6.45) is 6.52. The molecule has 1 saturated heterocycles. The van der Waals surface area contributed by atoms with Crippen LogP contribution in [0.3, 0.4) is 0 Å². The Hall–Kier alpha value is -1.37. The quantitative estimate of drug-likeness (QED) is 0.752. The molecule has 1 fully saturated rings. The highest BCUT2D eigenvalue weighted by atomic mass is 32.2. The van der Waals surface area contributed by atoms with E-state index in [9.17, 15) is 4.79 Å². The van der Waals surface area contributed by atoms with Crippen LogP contribution in [0.4, 0.5) is 0 Å². The number of fused-ring (bicyclic) bond motifs is 1. The minimum Gasteiger partial charge on any atom is -0.336 e. The fraction of sp³-hybridized carbons (Fsp3) is 0.500. The summed E-state index contributed by atoms with van der Waals surface area (Å²) in [6, 6.07) is 9.67. The number of amides is 1. The molecule has 0 spiro atoms. The highest BCUT2D eigenvalue weighted by molar-refractivity contribution is 8.00. The van der Waals surface area contributed by atoms with Crippen molar-refractivity contribution >= 4 is 29.0 Å². The van der Waals surface area contributed by atoms with Gasteiger partial charge in [-0.1, -0.05) is 36.0 Å². The molecule has 1 atom stereocenters. The summed E-state index contributed by atoms with van der Waals surface area (Å²) in [4.78, 5) is 21.8. The van der Waals surface area contributed by atoms with Crippen LogP contribution in [0.1, 0.15) is 34.5 Å². The fourth-order valence-corrected chi connectivity index (χ4v) is 5.46. The standard InChI is InChI=1S/C20H25N3OS2/c1-22(19(24)18-13-26-20(21-18)25-2)16-8-5-9-23(12-16)17-10-14-6-3-4-7-15(14)11-17/h3-4,6-7,13,16-17H,5,8-12H2,1-2H3/t16-/m0/s1. The zero-order valence-corrected chi connectivity index (χ0v) is 17.0. The Morgan fingerprint density at radius 3 is 2.69 bits per heavy atom. The van der Waals surface area contributed by atoms with Crippen molar-refractivity contribution in [3.8, 4) is 0 Å². The van der Waals surface area contributed by atoms with E-state index in [1.54, 1.807) is 23.1 Å². The molecule has 0 unspecified atom stereocenters. The number of piperidine rings is 1. The number of rotatable bonds is 4. The summed E-state index contributed by atoms with van der Waals surface area (Å²) >= 11 is 3.14. The van der Waals surface area contributed by atoms with Crippen LogP contribution in [0.15, 0.2) is 34.0 Å². The molecule has 0 N–H and O–H groups in total. The van der Waals surface area contributed by atoms with Crippen molar-refractivity contribution in [2.45, 2.75) is 42.1 Å². The van der Waals surface area contributed by atoms with E-state index in [4.69, 9.17) is 0 Å². The second kappa shape index (κ2) is 7.71. The summed E-state index contributed by atoms with van der Waals surface area (Å²) in [7, 11) is 1.94. The van der Waals surface area contributed by atoms with E-state index in [2.05, 4.69) is 34.1 Å². The van der Waals surface area contributed by atoms with Crippen LogP contribution in [0.5, 0.6) is 0 Å². The third-order valence-corrected chi connectivity index (χ3v) is 7.58. The van der Waals surface area contributed by atoms with Gasteiger partial charge < -0.3 is 4.90 Å². The smallest absolute Gasteiger partial charge is 0.273 e. The minimum absolute atomic E-state index is 0.0584. The van der Waals surface area contributed by atoms with E-state index in [1.807, 2.05) is 23.6 Å². The first-order chi connectivity index (χ1) is 12.7. The number of likely N-dealkylation sites (N-methyl/N-ethyl adjacent to an activating group) is 1. The summed E-state index contributed by atoms with van der Waals surface area (Å²) in [5, 5.41) is 1.89. The van der Waals surface area contributed by atoms with Gasteiger partial charge in [-0.15, -0.1) is 11.3 Å². The molecule has 0 saturated carbocycles. The van der Waals surface area contributed by atoms with E-state index < -0.39 is 0 Å². The molecule has 4 rings (SSSR count). The van der Waals surface area contributed by atoms with E-state index in [1.165, 1.54) is 11.1 Å². The van der Waals surface area contributed by atoms with Crippen LogP contribution in [0.2, 0.25) is 0 Å². The van der Waals surface area contributed by atoms with Gasteiger partial charge >= 0.3 is 0 Å². The van der Waals surface area contributed by atoms with E-state index >= 15 is 0 Å². The van der Waals surface area contributed by atoms with Crippen LogP contribution in [0.25, 0.3) is 0 Å². The number of nitrogens with zero attached hydrogens (tertiary/aromatic N) is 3. The molecule has 26 heavy (non-hydrogen) atoms. The molecule has 2 aliphatic rings. The summed E-state index contributed by atoms with van der Waals surface area (Å²) in [5.41, 5.74) is 3.58. The average molecular weight is 388 g/mol. The predicted octanol–water partition coefficient (Wildman–Crippen LogP) is 3.57. The zero-order chi connectivity index (χ0) is 18.1. The Bertz CT molecular complexity index is 766. The van der Waals surface area contributed by atoms with Crippen molar-refractivity contribution in [1.29, 1.82) is 0 Å². The Kier molecular flexibility index (Phi) is 5.34. The lowest BCUT2D eigenvalue weighted by molar-refractivity contribution is 0.0550. The number of likely N-dealkylation sites (tertiary alicyclic amines) is 1. The number of thiazole rings is 1. The molecule has 4 nitrogen and oxygen atoms in total. The fourth-order valence-electron chi connectivity index (χ4n) is 4.22. The monoisotopic (exact) mass is 387 g/mol. The maximum Gasteiger partial charge on any atom is 0.273 e. The number of aromatic nitrogens is 1. The Labute approximate surface area is 163 Å². The van der Waals surface area contributed by atoms with Gasteiger partial charge in [-0.3, -0.25) is 9.69 Å². The van der Waals surface area contributed by atoms with Crippen molar-refractivity contribution in [3.05, 3.63) is 46.5 Å². The Morgan fingerprint density at radius 1 is 1.31 bits per heavy atom. The second-order valence-corrected chi connectivity index (χ2v) is 9.15. The molecule has 1 aromatic carbocycles. The second-order valence-electron chi connectivity index (χ2n) is 7.24. The van der Waals surface area contributed by atoms with Gasteiger partial charge in [0.05, 0.1) is 0 Å². The van der Waals surface area contributed by atoms with Crippen LogP contribution in [0, 0.1) is 0 Å². The van der Waals surface area contributed by atoms with Crippen LogP contribution < -0.4 is 0 Å². The average Bonchev–Trinajstić information content (AvgIpc) is 3.33. The van der Waals surface area contributed by atoms with E-state index in [-0.39, 0.29) is 11.9 Å². The van der Waals surface area contributed by atoms with Crippen molar-refractivity contribution in [1.82, 2.24) is 14.8 Å². The first-order valence-corrected chi connectivity index (χ1v) is 11.3. The third kappa shape index (κ3) is 3.55. The van der Waals surface area contributed by atoms with Gasteiger partial charge in [0.15, 0.2) is 0 Å². The number of carbonyl (C=O) groups excluding carboxylic acids is 1. The molecule has 1 amide bonds. The van der Waals surface area contributed by atoms with Crippen molar-refractivity contribution in [3.63, 3.8) is 0 Å². The molecule has 1 aromatic heterocycles. The molecule has 2 heterocycles. The minimum atomic E-state index is 0.0584. The molecule has 1 aliphatic carbocycles. The van der Waals surface area contributed by atoms with Gasteiger partial charge in [0, 0.05) is 31.1 Å². The molecular weight excluding hydrogens is 362 g/mol. The number of carbonyl (C=O) groups is 1. The van der Waals surface area contributed by atoms with Crippen LogP contribution in [-0.4, -0.2) is 59.2 Å². The lowest BCUT2D eigenvalue weighted by Crippen LogP contribution is -2.51. The summed E-state index contributed by atoms with van der Waals surface area (Å²) < 4.78 is 0.954. The first-order valence-electron chi connectivity index (χ1n) is 9.23. The molecule has 0 radical (unpaired) electrons. The van der Waals surface area contributed by atoms with Crippen LogP contribution in [-0.2, 0) is 12.8 Å². The largest absolute Gasteiger partial charge is 0.336 e. The molecule has 6 heteroatoms. The van der Waals surface area contributed by atoms with Gasteiger partial charge in [-0.25, -0.2) is 4.98 Å². The normalized spacial score (nSPS) is 20.9. The number of hydrogen-bond acceptors (Lipinski definition) is 5. The highest BCUT2D eigenvalue weighted by Gasteiger charge is 2.33. The van der Waals surface area contributed by atoms with Gasteiger partial charge in [-0.2, -0.15) is 0 Å². The first kappa shape index (κ1) is 18.0. The lowest BCUT2D eigenvalue weighted by Gasteiger charge is -2.40.